The van der Waals surface area contributed by atoms with Crippen LogP contribution in [0.1, 0.15) is 27.6 Å². The first-order valence-electron chi connectivity index (χ1n) is 8.50. The lowest BCUT2D eigenvalue weighted by Gasteiger charge is -2.20. The van der Waals surface area contributed by atoms with Crippen LogP contribution in [0, 0.1) is 10.1 Å². The Bertz CT molecular complexity index is 872. The van der Waals surface area contributed by atoms with Gasteiger partial charge in [0.1, 0.15) is 18.8 Å². The molecule has 0 spiro atoms. The summed E-state index contributed by atoms with van der Waals surface area (Å²) in [5.74, 6) is -0.912. The minimum absolute atomic E-state index is 0.0279. The Hall–Kier alpha value is -3.50. The fraction of sp³-hybridized carbons (Fsp3) is 0.263. The standard InChI is InChI=1S/C19H20N2O8/c1-28-18(24)15-9-13(21(26)27)7-8-14(15)17(23)16(22)10-20-19(25)29-11-12-5-3-2-4-6-12/h2-9,16-17,22-23H,10-11H2,1H3,(H,20,25). The van der Waals surface area contributed by atoms with Crippen LogP contribution < -0.4 is 5.32 Å². The van der Waals surface area contributed by atoms with Crippen LogP contribution in [0.4, 0.5) is 10.5 Å². The fourth-order valence-electron chi connectivity index (χ4n) is 2.48. The van der Waals surface area contributed by atoms with Gasteiger partial charge in [-0.1, -0.05) is 30.3 Å². The number of benzene rings is 2. The van der Waals surface area contributed by atoms with Crippen LogP contribution in [0.15, 0.2) is 48.5 Å². The van der Waals surface area contributed by atoms with Gasteiger partial charge in [0.15, 0.2) is 0 Å². The predicted octanol–water partition coefficient (Wildman–Crippen LogP) is 1.70. The summed E-state index contributed by atoms with van der Waals surface area (Å²) < 4.78 is 9.56. The van der Waals surface area contributed by atoms with Crippen molar-refractivity contribution in [1.82, 2.24) is 5.32 Å². The van der Waals surface area contributed by atoms with E-state index in [0.29, 0.717) is 0 Å². The van der Waals surface area contributed by atoms with Gasteiger partial charge in [0.2, 0.25) is 0 Å². The molecule has 0 aliphatic rings. The van der Waals surface area contributed by atoms with Crippen molar-refractivity contribution in [2.75, 3.05) is 13.7 Å². The maximum Gasteiger partial charge on any atom is 0.407 e. The lowest BCUT2D eigenvalue weighted by molar-refractivity contribution is -0.384. The second-order valence-electron chi connectivity index (χ2n) is 5.98. The number of aliphatic hydroxyl groups is 2. The molecular weight excluding hydrogens is 384 g/mol. The van der Waals surface area contributed by atoms with E-state index in [-0.39, 0.29) is 30.0 Å². The molecule has 10 heteroatoms. The molecule has 29 heavy (non-hydrogen) atoms. The largest absolute Gasteiger partial charge is 0.465 e. The molecule has 1 amide bonds. The summed E-state index contributed by atoms with van der Waals surface area (Å²) in [5.41, 5.74) is 0.0598. The zero-order valence-corrected chi connectivity index (χ0v) is 15.5. The third kappa shape index (κ3) is 5.99. The molecule has 2 aromatic rings. The summed E-state index contributed by atoms with van der Waals surface area (Å²) in [5, 5.41) is 33.7. The number of alkyl carbamates (subject to hydrolysis) is 1. The first-order valence-corrected chi connectivity index (χ1v) is 8.50. The van der Waals surface area contributed by atoms with E-state index in [4.69, 9.17) is 4.74 Å². The molecule has 0 heterocycles. The lowest BCUT2D eigenvalue weighted by atomic mass is 9.98. The quantitative estimate of drug-likeness (QED) is 0.342. The molecule has 3 N–H and O–H groups in total. The number of hydrogen-bond donors (Lipinski definition) is 3. The smallest absolute Gasteiger partial charge is 0.407 e. The molecule has 154 valence electrons. The van der Waals surface area contributed by atoms with E-state index >= 15 is 0 Å². The van der Waals surface area contributed by atoms with Crippen molar-refractivity contribution in [3.8, 4) is 0 Å². The van der Waals surface area contributed by atoms with Crippen LogP contribution >= 0.6 is 0 Å². The van der Waals surface area contributed by atoms with Crippen LogP contribution in [-0.4, -0.2) is 47.0 Å². The minimum Gasteiger partial charge on any atom is -0.465 e. The number of rotatable bonds is 8. The monoisotopic (exact) mass is 404 g/mol. The van der Waals surface area contributed by atoms with Crippen molar-refractivity contribution in [3.05, 3.63) is 75.3 Å². The number of aliphatic hydroxyl groups excluding tert-OH is 2. The van der Waals surface area contributed by atoms with Crippen molar-refractivity contribution in [3.63, 3.8) is 0 Å². The lowest BCUT2D eigenvalue weighted by Crippen LogP contribution is -2.36. The van der Waals surface area contributed by atoms with Crippen LogP contribution in [-0.2, 0) is 16.1 Å². The van der Waals surface area contributed by atoms with Crippen LogP contribution in [0.2, 0.25) is 0 Å². The SMILES string of the molecule is COC(=O)c1cc([N+](=O)[O-])ccc1C(O)C(O)CNC(=O)OCc1ccccc1. The molecule has 0 aliphatic carbocycles. The van der Waals surface area contributed by atoms with Crippen molar-refractivity contribution in [2.24, 2.45) is 0 Å². The molecule has 0 radical (unpaired) electrons. The van der Waals surface area contributed by atoms with Gasteiger partial charge in [-0.2, -0.15) is 0 Å². The number of carbonyl (C=O) groups excluding carboxylic acids is 2. The number of nitrogens with one attached hydrogen (secondary N) is 1. The van der Waals surface area contributed by atoms with Crippen molar-refractivity contribution in [2.45, 2.75) is 18.8 Å². The summed E-state index contributed by atoms with van der Waals surface area (Å²) in [6.07, 6.45) is -3.93. The van der Waals surface area contributed by atoms with E-state index in [1.54, 1.807) is 24.3 Å². The molecule has 2 atom stereocenters. The van der Waals surface area contributed by atoms with Gasteiger partial charge < -0.3 is 25.0 Å². The van der Waals surface area contributed by atoms with Gasteiger partial charge in [-0.25, -0.2) is 9.59 Å². The van der Waals surface area contributed by atoms with Gasteiger partial charge in [-0.15, -0.1) is 0 Å². The van der Waals surface area contributed by atoms with Crippen LogP contribution in [0.5, 0.6) is 0 Å². The van der Waals surface area contributed by atoms with Crippen molar-refractivity contribution < 1.29 is 34.2 Å². The van der Waals surface area contributed by atoms with Gasteiger partial charge in [0.05, 0.1) is 17.6 Å². The zero-order valence-electron chi connectivity index (χ0n) is 15.5. The topological polar surface area (TPSA) is 148 Å². The molecular formula is C19H20N2O8. The average Bonchev–Trinajstić information content (AvgIpc) is 2.75. The van der Waals surface area contributed by atoms with Crippen molar-refractivity contribution >= 4 is 17.7 Å². The average molecular weight is 404 g/mol. The molecule has 0 bridgehead atoms. The molecule has 10 nitrogen and oxygen atoms in total. The van der Waals surface area contributed by atoms with Crippen molar-refractivity contribution in [1.29, 1.82) is 0 Å². The maximum absolute atomic E-state index is 11.9. The Morgan fingerprint density at radius 1 is 1.17 bits per heavy atom. The number of methoxy groups -OCH3 is 1. The normalized spacial score (nSPS) is 12.5. The summed E-state index contributed by atoms with van der Waals surface area (Å²) in [7, 11) is 1.08. The molecule has 2 aromatic carbocycles. The molecule has 0 fully saturated rings. The first kappa shape index (κ1) is 21.8. The number of non-ortho nitro benzene ring substituents is 1. The number of amides is 1. The van der Waals surface area contributed by atoms with E-state index in [1.165, 1.54) is 0 Å². The minimum atomic E-state index is -1.61. The number of ether oxygens (including phenoxy) is 2. The molecule has 0 saturated heterocycles. The Balaban J connectivity index is 2.00. The number of esters is 1. The summed E-state index contributed by atoms with van der Waals surface area (Å²) in [4.78, 5) is 33.8. The number of carbonyl (C=O) groups is 2. The Morgan fingerprint density at radius 2 is 1.86 bits per heavy atom. The first-order chi connectivity index (χ1) is 13.8. The summed E-state index contributed by atoms with van der Waals surface area (Å²) in [6.45, 7) is -0.355. The fourth-order valence-corrected chi connectivity index (χ4v) is 2.48. The zero-order chi connectivity index (χ0) is 21.4. The van der Waals surface area contributed by atoms with Crippen LogP contribution in [0.25, 0.3) is 0 Å². The predicted molar refractivity (Wildman–Crippen MR) is 100 cm³/mol. The molecule has 0 aromatic heterocycles. The highest BCUT2D eigenvalue weighted by Crippen LogP contribution is 2.26. The molecule has 0 saturated carbocycles. The Morgan fingerprint density at radius 3 is 2.48 bits per heavy atom. The second-order valence-corrected chi connectivity index (χ2v) is 5.98. The van der Waals surface area contributed by atoms with Gasteiger partial charge in [-0.05, 0) is 17.2 Å². The second kappa shape index (κ2) is 10.2. The van der Waals surface area contributed by atoms with Crippen LogP contribution in [0.3, 0.4) is 0 Å². The summed E-state index contributed by atoms with van der Waals surface area (Å²) in [6, 6.07) is 12.1. The van der Waals surface area contributed by atoms with E-state index < -0.39 is 29.2 Å². The third-order valence-electron chi connectivity index (χ3n) is 4.00. The van der Waals surface area contributed by atoms with Gasteiger partial charge in [0.25, 0.3) is 5.69 Å². The number of hydrogen-bond acceptors (Lipinski definition) is 8. The van der Waals surface area contributed by atoms with Gasteiger partial charge in [-0.3, -0.25) is 10.1 Å². The third-order valence-corrected chi connectivity index (χ3v) is 4.00. The molecule has 0 aliphatic heterocycles. The van der Waals surface area contributed by atoms with E-state index in [1.807, 2.05) is 6.07 Å². The highest BCUT2D eigenvalue weighted by molar-refractivity contribution is 5.92. The molecule has 2 rings (SSSR count). The van der Waals surface area contributed by atoms with Gasteiger partial charge >= 0.3 is 12.1 Å². The molecule has 2 unspecified atom stereocenters. The van der Waals surface area contributed by atoms with Gasteiger partial charge in [0, 0.05) is 18.7 Å². The van der Waals surface area contributed by atoms with E-state index in [2.05, 4.69) is 10.1 Å². The highest BCUT2D eigenvalue weighted by atomic mass is 16.6. The summed E-state index contributed by atoms with van der Waals surface area (Å²) >= 11 is 0. The Kier molecular flexibility index (Phi) is 7.63. The highest BCUT2D eigenvalue weighted by Gasteiger charge is 2.26. The maximum atomic E-state index is 11.9. The van der Waals surface area contributed by atoms with E-state index in [0.717, 1.165) is 30.9 Å². The Labute approximate surface area is 165 Å². The number of nitro benzene ring substituents is 1. The van der Waals surface area contributed by atoms with E-state index in [9.17, 15) is 29.9 Å². The number of nitrogens with zero attached hydrogens (tertiary/aromatic N) is 1. The number of nitro groups is 1.